The first-order chi connectivity index (χ1) is 10.6. The molecule has 2 amide bonds. The van der Waals surface area contributed by atoms with E-state index in [9.17, 15) is 9.59 Å². The molecule has 1 atom stereocenters. The maximum atomic E-state index is 12.4. The van der Waals surface area contributed by atoms with Crippen LogP contribution in [0.25, 0.3) is 0 Å². The van der Waals surface area contributed by atoms with Crippen LogP contribution in [0.3, 0.4) is 0 Å². The predicted molar refractivity (Wildman–Crippen MR) is 94.7 cm³/mol. The summed E-state index contributed by atoms with van der Waals surface area (Å²) in [4.78, 5) is 26.5. The van der Waals surface area contributed by atoms with Gasteiger partial charge in [0, 0.05) is 31.5 Å². The standard InChI is InChI=1S/C17H31N3O2.ClH/c1-13(19-17(22)14-6-4-3-5-7-14)12-16(21)20(2)15-8-10-18-11-9-15;/h13-15,18H,3-12H2,1-2H3,(H,19,22);1H. The SMILES string of the molecule is CC(CC(=O)N(C)C1CCNCC1)NC(=O)C1CCCCC1.Cl. The monoisotopic (exact) mass is 345 g/mol. The molecule has 6 heteroatoms. The summed E-state index contributed by atoms with van der Waals surface area (Å²) >= 11 is 0. The molecule has 23 heavy (non-hydrogen) atoms. The van der Waals surface area contributed by atoms with Gasteiger partial charge in [-0.15, -0.1) is 12.4 Å². The Hall–Kier alpha value is -0.810. The van der Waals surface area contributed by atoms with E-state index >= 15 is 0 Å². The highest BCUT2D eigenvalue weighted by molar-refractivity contribution is 5.85. The van der Waals surface area contributed by atoms with Crippen molar-refractivity contribution in [2.24, 2.45) is 5.92 Å². The largest absolute Gasteiger partial charge is 0.353 e. The summed E-state index contributed by atoms with van der Waals surface area (Å²) in [5, 5.41) is 6.36. The van der Waals surface area contributed by atoms with Gasteiger partial charge in [0.05, 0.1) is 0 Å². The second kappa shape index (κ2) is 10.1. The number of hydrogen-bond donors (Lipinski definition) is 2. The minimum absolute atomic E-state index is 0. The van der Waals surface area contributed by atoms with E-state index in [4.69, 9.17) is 0 Å². The lowest BCUT2D eigenvalue weighted by molar-refractivity contribution is -0.133. The first-order valence-electron chi connectivity index (χ1n) is 8.84. The molecule has 2 aliphatic rings. The van der Waals surface area contributed by atoms with E-state index in [1.54, 1.807) is 0 Å². The molecule has 1 aliphatic carbocycles. The number of carbonyl (C=O) groups excluding carboxylic acids is 2. The topological polar surface area (TPSA) is 61.4 Å². The van der Waals surface area contributed by atoms with Crippen molar-refractivity contribution in [3.63, 3.8) is 0 Å². The van der Waals surface area contributed by atoms with Crippen LogP contribution in [-0.4, -0.2) is 48.9 Å². The molecule has 2 fully saturated rings. The van der Waals surface area contributed by atoms with E-state index in [0.29, 0.717) is 12.5 Å². The number of amides is 2. The third-order valence-corrected chi connectivity index (χ3v) is 5.10. The lowest BCUT2D eigenvalue weighted by Gasteiger charge is -2.32. The highest BCUT2D eigenvalue weighted by Crippen LogP contribution is 2.23. The van der Waals surface area contributed by atoms with Crippen LogP contribution in [0.5, 0.6) is 0 Å². The van der Waals surface area contributed by atoms with Crippen LogP contribution in [0, 0.1) is 5.92 Å². The summed E-state index contributed by atoms with van der Waals surface area (Å²) in [7, 11) is 1.90. The van der Waals surface area contributed by atoms with Crippen LogP contribution in [0.1, 0.15) is 58.3 Å². The van der Waals surface area contributed by atoms with Crippen molar-refractivity contribution in [2.45, 2.75) is 70.4 Å². The van der Waals surface area contributed by atoms with Crippen LogP contribution < -0.4 is 10.6 Å². The molecule has 1 aliphatic heterocycles. The van der Waals surface area contributed by atoms with E-state index in [2.05, 4.69) is 10.6 Å². The van der Waals surface area contributed by atoms with Crippen molar-refractivity contribution in [1.29, 1.82) is 0 Å². The van der Waals surface area contributed by atoms with Crippen LogP contribution in [-0.2, 0) is 9.59 Å². The Morgan fingerprint density at radius 2 is 1.74 bits per heavy atom. The average molecular weight is 346 g/mol. The molecule has 1 heterocycles. The van der Waals surface area contributed by atoms with Gasteiger partial charge in [-0.1, -0.05) is 19.3 Å². The van der Waals surface area contributed by atoms with Crippen molar-refractivity contribution < 1.29 is 9.59 Å². The number of hydrogen-bond acceptors (Lipinski definition) is 3. The fraction of sp³-hybridized carbons (Fsp3) is 0.882. The zero-order valence-corrected chi connectivity index (χ0v) is 15.3. The van der Waals surface area contributed by atoms with Crippen molar-refractivity contribution >= 4 is 24.2 Å². The van der Waals surface area contributed by atoms with E-state index in [1.165, 1.54) is 6.42 Å². The normalized spacial score (nSPS) is 21.1. The summed E-state index contributed by atoms with van der Waals surface area (Å²) in [6.07, 6.45) is 8.00. The van der Waals surface area contributed by atoms with E-state index in [1.807, 2.05) is 18.9 Å². The average Bonchev–Trinajstić information content (AvgIpc) is 2.55. The van der Waals surface area contributed by atoms with Crippen molar-refractivity contribution in [3.05, 3.63) is 0 Å². The first-order valence-corrected chi connectivity index (χ1v) is 8.84. The molecular weight excluding hydrogens is 314 g/mol. The molecule has 0 spiro atoms. The summed E-state index contributed by atoms with van der Waals surface area (Å²) in [5.41, 5.74) is 0. The molecule has 2 rings (SSSR count). The van der Waals surface area contributed by atoms with Gasteiger partial charge in [-0.25, -0.2) is 0 Å². The molecule has 0 bridgehead atoms. The molecule has 1 unspecified atom stereocenters. The van der Waals surface area contributed by atoms with Crippen molar-refractivity contribution in [1.82, 2.24) is 15.5 Å². The number of piperidine rings is 1. The minimum Gasteiger partial charge on any atom is -0.353 e. The number of nitrogens with one attached hydrogen (secondary N) is 2. The van der Waals surface area contributed by atoms with Gasteiger partial charge in [0.25, 0.3) is 0 Å². The predicted octanol–water partition coefficient (Wildman–Crippen LogP) is 2.09. The Kier molecular flexibility index (Phi) is 8.92. The third kappa shape index (κ3) is 6.30. The number of carbonyl (C=O) groups is 2. The van der Waals surface area contributed by atoms with Crippen molar-refractivity contribution in [2.75, 3.05) is 20.1 Å². The maximum absolute atomic E-state index is 12.4. The molecule has 2 N–H and O–H groups in total. The zero-order chi connectivity index (χ0) is 15.9. The maximum Gasteiger partial charge on any atom is 0.224 e. The van der Waals surface area contributed by atoms with Crippen LogP contribution in [0.15, 0.2) is 0 Å². The molecule has 1 saturated carbocycles. The second-order valence-corrected chi connectivity index (χ2v) is 6.93. The summed E-state index contributed by atoms with van der Waals surface area (Å²) in [6, 6.07) is 0.265. The lowest BCUT2D eigenvalue weighted by Crippen LogP contribution is -2.46. The fourth-order valence-corrected chi connectivity index (χ4v) is 3.58. The number of nitrogens with zero attached hydrogens (tertiary/aromatic N) is 1. The molecule has 5 nitrogen and oxygen atoms in total. The zero-order valence-electron chi connectivity index (χ0n) is 14.5. The van der Waals surface area contributed by atoms with Gasteiger partial charge in [0.1, 0.15) is 0 Å². The molecule has 0 aromatic carbocycles. The summed E-state index contributed by atoms with van der Waals surface area (Å²) < 4.78 is 0. The van der Waals surface area contributed by atoms with Crippen LogP contribution in [0.2, 0.25) is 0 Å². The highest BCUT2D eigenvalue weighted by Gasteiger charge is 2.25. The Bertz CT molecular complexity index is 380. The van der Waals surface area contributed by atoms with Gasteiger partial charge in [-0.05, 0) is 45.7 Å². The molecular formula is C17H32ClN3O2. The Morgan fingerprint density at radius 1 is 1.13 bits per heavy atom. The second-order valence-electron chi connectivity index (χ2n) is 6.93. The molecule has 134 valence electrons. The van der Waals surface area contributed by atoms with Gasteiger partial charge in [0.15, 0.2) is 0 Å². The lowest BCUT2D eigenvalue weighted by atomic mass is 9.88. The van der Waals surface area contributed by atoms with Gasteiger partial charge in [-0.3, -0.25) is 9.59 Å². The molecule has 0 aromatic heterocycles. The van der Waals surface area contributed by atoms with Gasteiger partial charge >= 0.3 is 0 Å². The summed E-state index contributed by atoms with van der Waals surface area (Å²) in [5.74, 6) is 0.446. The van der Waals surface area contributed by atoms with E-state index < -0.39 is 0 Å². The van der Waals surface area contributed by atoms with Gasteiger partial charge in [-0.2, -0.15) is 0 Å². The van der Waals surface area contributed by atoms with Crippen LogP contribution in [0.4, 0.5) is 0 Å². The molecule has 0 aromatic rings. The minimum atomic E-state index is -0.0777. The highest BCUT2D eigenvalue weighted by atomic mass is 35.5. The first kappa shape index (κ1) is 20.2. The van der Waals surface area contributed by atoms with Crippen molar-refractivity contribution in [3.8, 4) is 0 Å². The fourth-order valence-electron chi connectivity index (χ4n) is 3.58. The third-order valence-electron chi connectivity index (χ3n) is 5.10. The number of rotatable bonds is 5. The Balaban J connectivity index is 0.00000264. The molecule has 0 radical (unpaired) electrons. The van der Waals surface area contributed by atoms with Gasteiger partial charge < -0.3 is 15.5 Å². The smallest absolute Gasteiger partial charge is 0.224 e. The van der Waals surface area contributed by atoms with Crippen LogP contribution >= 0.6 is 12.4 Å². The number of halogens is 1. The van der Waals surface area contributed by atoms with E-state index in [0.717, 1.165) is 51.6 Å². The Labute approximate surface area is 146 Å². The van der Waals surface area contributed by atoms with Gasteiger partial charge in [0.2, 0.25) is 11.8 Å². The Morgan fingerprint density at radius 3 is 2.35 bits per heavy atom. The quantitative estimate of drug-likeness (QED) is 0.802. The summed E-state index contributed by atoms with van der Waals surface area (Å²) in [6.45, 7) is 3.90. The molecule has 1 saturated heterocycles. The van der Waals surface area contributed by atoms with E-state index in [-0.39, 0.29) is 36.2 Å².